The van der Waals surface area contributed by atoms with Gasteiger partial charge in [-0.3, -0.25) is 4.90 Å². The van der Waals surface area contributed by atoms with Crippen molar-refractivity contribution in [3.8, 4) is 0 Å². The second kappa shape index (κ2) is 6.04. The monoisotopic (exact) mass is 310 g/mol. The smallest absolute Gasteiger partial charge is 0.0900 e. The Bertz CT molecular complexity index is 393. The van der Waals surface area contributed by atoms with Gasteiger partial charge in [-0.2, -0.15) is 0 Å². The van der Waals surface area contributed by atoms with Crippen LogP contribution in [0.4, 0.5) is 0 Å². The van der Waals surface area contributed by atoms with Crippen LogP contribution in [0.3, 0.4) is 0 Å². The molecule has 1 heterocycles. The fourth-order valence-corrected chi connectivity index (χ4v) is 4.99. The van der Waals surface area contributed by atoms with E-state index in [0.29, 0.717) is 23.5 Å². The van der Waals surface area contributed by atoms with Crippen LogP contribution in [0.15, 0.2) is 0 Å². The molecule has 0 radical (unpaired) electrons. The van der Waals surface area contributed by atoms with Crippen molar-refractivity contribution in [2.45, 2.75) is 52.2 Å². The molecule has 0 spiro atoms. The highest BCUT2D eigenvalue weighted by Crippen LogP contribution is 2.66. The van der Waals surface area contributed by atoms with Crippen LogP contribution < -0.4 is 0 Å². The van der Waals surface area contributed by atoms with Crippen LogP contribution in [0, 0.1) is 16.7 Å². The third-order valence-electron chi connectivity index (χ3n) is 7.27. The van der Waals surface area contributed by atoms with Crippen molar-refractivity contribution in [3.05, 3.63) is 0 Å². The Labute approximate surface area is 135 Å². The van der Waals surface area contributed by atoms with Crippen LogP contribution in [0.5, 0.6) is 0 Å². The summed E-state index contributed by atoms with van der Waals surface area (Å²) in [5.74, 6) is 0.803. The zero-order chi connectivity index (χ0) is 16.0. The normalized spacial score (nSPS) is 40.2. The first kappa shape index (κ1) is 16.7. The average molecular weight is 310 g/mol. The van der Waals surface area contributed by atoms with Gasteiger partial charge < -0.3 is 14.7 Å². The number of aliphatic hydroxyl groups excluding tert-OH is 1. The Morgan fingerprint density at radius 3 is 2.41 bits per heavy atom. The largest absolute Gasteiger partial charge is 0.389 e. The molecule has 1 saturated heterocycles. The lowest BCUT2D eigenvalue weighted by Crippen LogP contribution is -2.48. The molecule has 3 aliphatic rings. The molecule has 2 bridgehead atoms. The molecule has 0 unspecified atom stereocenters. The van der Waals surface area contributed by atoms with E-state index < -0.39 is 0 Å². The summed E-state index contributed by atoms with van der Waals surface area (Å²) in [6, 6.07) is 0. The number of piperazine rings is 1. The number of aliphatic hydroxyl groups is 1. The molecule has 0 aromatic heterocycles. The molecule has 1 N–H and O–H groups in total. The molecular formula is C18H34N2O2. The van der Waals surface area contributed by atoms with Crippen molar-refractivity contribution >= 4 is 0 Å². The van der Waals surface area contributed by atoms with E-state index in [1.54, 1.807) is 0 Å². The third kappa shape index (κ3) is 2.83. The number of β-amino-alcohol motifs (C(OH)–C–C–N with tert-alkyl or cyclic N) is 1. The van der Waals surface area contributed by atoms with E-state index in [0.717, 1.165) is 38.6 Å². The van der Waals surface area contributed by atoms with Crippen LogP contribution in [-0.2, 0) is 4.74 Å². The maximum Gasteiger partial charge on any atom is 0.0900 e. The zero-order valence-corrected chi connectivity index (χ0v) is 14.8. The molecule has 1 aliphatic heterocycles. The molecule has 22 heavy (non-hydrogen) atoms. The Kier molecular flexibility index (Phi) is 4.59. The Morgan fingerprint density at radius 1 is 1.18 bits per heavy atom. The van der Waals surface area contributed by atoms with Gasteiger partial charge in [0.05, 0.1) is 18.8 Å². The Morgan fingerprint density at radius 2 is 1.86 bits per heavy atom. The lowest BCUT2D eigenvalue weighted by Gasteiger charge is -2.39. The highest BCUT2D eigenvalue weighted by molar-refractivity contribution is 5.11. The highest BCUT2D eigenvalue weighted by atomic mass is 16.5. The molecular weight excluding hydrogens is 276 g/mol. The highest BCUT2D eigenvalue weighted by Gasteiger charge is 2.61. The van der Waals surface area contributed by atoms with E-state index in [2.05, 4.69) is 37.6 Å². The number of likely N-dealkylation sites (N-methyl/N-ethyl adjacent to an activating group) is 1. The lowest BCUT2D eigenvalue weighted by atomic mass is 9.70. The van der Waals surface area contributed by atoms with E-state index in [1.165, 1.54) is 19.3 Å². The number of hydrogen-bond donors (Lipinski definition) is 1. The summed E-state index contributed by atoms with van der Waals surface area (Å²) < 4.78 is 6.21. The summed E-state index contributed by atoms with van der Waals surface area (Å²) in [6.45, 7) is 12.8. The maximum absolute atomic E-state index is 10.3. The molecule has 3 fully saturated rings. The molecule has 0 amide bonds. The second-order valence-corrected chi connectivity index (χ2v) is 8.69. The summed E-state index contributed by atoms with van der Waals surface area (Å²) in [5.41, 5.74) is 0.686. The molecule has 4 heteroatoms. The third-order valence-corrected chi connectivity index (χ3v) is 7.27. The van der Waals surface area contributed by atoms with E-state index in [-0.39, 0.29) is 6.10 Å². The van der Waals surface area contributed by atoms with E-state index in [9.17, 15) is 5.11 Å². The summed E-state index contributed by atoms with van der Waals surface area (Å²) in [5, 5.41) is 10.3. The minimum Gasteiger partial charge on any atom is -0.389 e. The first-order valence-corrected chi connectivity index (χ1v) is 9.03. The van der Waals surface area contributed by atoms with Gasteiger partial charge >= 0.3 is 0 Å². The van der Waals surface area contributed by atoms with Crippen molar-refractivity contribution < 1.29 is 9.84 Å². The van der Waals surface area contributed by atoms with Crippen LogP contribution in [0.2, 0.25) is 0 Å². The van der Waals surface area contributed by atoms with E-state index >= 15 is 0 Å². The summed E-state index contributed by atoms with van der Waals surface area (Å²) in [7, 11) is 2.16. The minimum atomic E-state index is -0.353. The molecule has 0 aromatic rings. The predicted molar refractivity (Wildman–Crippen MR) is 88.9 cm³/mol. The topological polar surface area (TPSA) is 35.9 Å². The molecule has 2 saturated carbocycles. The van der Waals surface area contributed by atoms with Gasteiger partial charge in [0.2, 0.25) is 0 Å². The van der Waals surface area contributed by atoms with Crippen LogP contribution in [-0.4, -0.2) is 73.5 Å². The molecule has 0 aromatic carbocycles. The standard InChI is InChI=1S/C18H34N2O2/c1-17(2)14-5-6-18(17,3)16(11-14)22-13-15(21)12-20-9-7-19(4)8-10-20/h14-16,21H,5-13H2,1-4H3/t14-,15+,16+,18-/m1/s1. The van der Waals surface area contributed by atoms with Gasteiger partial charge in [0, 0.05) is 32.7 Å². The van der Waals surface area contributed by atoms with Gasteiger partial charge in [-0.15, -0.1) is 0 Å². The first-order valence-electron chi connectivity index (χ1n) is 9.03. The second-order valence-electron chi connectivity index (χ2n) is 8.69. The van der Waals surface area contributed by atoms with Gasteiger partial charge in [0.1, 0.15) is 0 Å². The zero-order valence-electron chi connectivity index (χ0n) is 14.8. The van der Waals surface area contributed by atoms with E-state index in [1.807, 2.05) is 0 Å². The number of nitrogens with zero attached hydrogens (tertiary/aromatic N) is 2. The number of fused-ring (bicyclic) bond motifs is 2. The molecule has 128 valence electrons. The van der Waals surface area contributed by atoms with Gasteiger partial charge in [-0.25, -0.2) is 0 Å². The van der Waals surface area contributed by atoms with Crippen molar-refractivity contribution in [2.75, 3.05) is 46.4 Å². The van der Waals surface area contributed by atoms with Gasteiger partial charge in [0.15, 0.2) is 0 Å². The van der Waals surface area contributed by atoms with Gasteiger partial charge in [-0.05, 0) is 43.1 Å². The van der Waals surface area contributed by atoms with Gasteiger partial charge in [0.25, 0.3) is 0 Å². The molecule has 3 rings (SSSR count). The van der Waals surface area contributed by atoms with Crippen LogP contribution >= 0.6 is 0 Å². The van der Waals surface area contributed by atoms with Crippen molar-refractivity contribution in [1.29, 1.82) is 0 Å². The van der Waals surface area contributed by atoms with Crippen molar-refractivity contribution in [3.63, 3.8) is 0 Å². The van der Waals surface area contributed by atoms with Crippen LogP contribution in [0.25, 0.3) is 0 Å². The first-order chi connectivity index (χ1) is 10.3. The molecule has 4 atom stereocenters. The fourth-order valence-electron chi connectivity index (χ4n) is 4.99. The van der Waals surface area contributed by atoms with Crippen molar-refractivity contribution in [1.82, 2.24) is 9.80 Å². The predicted octanol–water partition coefficient (Wildman–Crippen LogP) is 1.83. The summed E-state index contributed by atoms with van der Waals surface area (Å²) in [4.78, 5) is 4.71. The molecule has 2 aliphatic carbocycles. The lowest BCUT2D eigenvalue weighted by molar-refractivity contribution is -0.0804. The Balaban J connectivity index is 1.45. The molecule has 4 nitrogen and oxygen atoms in total. The average Bonchev–Trinajstić information content (AvgIpc) is 2.80. The Hall–Kier alpha value is -0.160. The number of hydrogen-bond acceptors (Lipinski definition) is 4. The quantitative estimate of drug-likeness (QED) is 0.840. The summed E-state index contributed by atoms with van der Waals surface area (Å²) >= 11 is 0. The SMILES string of the molecule is CN1CCN(C[C@H](O)CO[C@H]2C[C@H]3CC[C@@]2(C)C3(C)C)CC1. The fraction of sp³-hybridized carbons (Fsp3) is 1.00. The number of ether oxygens (including phenoxy) is 1. The van der Waals surface area contributed by atoms with Crippen molar-refractivity contribution in [2.24, 2.45) is 16.7 Å². The van der Waals surface area contributed by atoms with Crippen LogP contribution in [0.1, 0.15) is 40.0 Å². The minimum absolute atomic E-state index is 0.297. The maximum atomic E-state index is 10.3. The van der Waals surface area contributed by atoms with E-state index in [4.69, 9.17) is 4.74 Å². The van der Waals surface area contributed by atoms with Gasteiger partial charge in [-0.1, -0.05) is 20.8 Å². The summed E-state index contributed by atoms with van der Waals surface area (Å²) in [6.07, 6.45) is 3.81. The number of rotatable bonds is 5.